The zero-order valence-electron chi connectivity index (χ0n) is 32.0. The van der Waals surface area contributed by atoms with Crippen molar-refractivity contribution in [3.8, 4) is 11.3 Å². The van der Waals surface area contributed by atoms with Crippen molar-refractivity contribution in [1.82, 2.24) is 19.1 Å². The van der Waals surface area contributed by atoms with Crippen molar-refractivity contribution < 1.29 is 18.5 Å². The summed E-state index contributed by atoms with van der Waals surface area (Å²) in [7, 11) is -2.83. The number of nitrogens with zero attached hydrogens (tertiary/aromatic N) is 5. The van der Waals surface area contributed by atoms with E-state index < -0.39 is 17.1 Å². The van der Waals surface area contributed by atoms with E-state index in [1.165, 1.54) is 48.6 Å². The molecule has 0 radical (unpaired) electrons. The van der Waals surface area contributed by atoms with Gasteiger partial charge in [-0.2, -0.15) is 17.6 Å². The first-order valence-corrected chi connectivity index (χ1v) is 20.4. The average molecular weight is 740 g/mol. The second-order valence-corrected chi connectivity index (χ2v) is 14.8. The Balaban J connectivity index is 0.000000242. The Hall–Kier alpha value is -4.16. The highest BCUT2D eigenvalue weighted by molar-refractivity contribution is 7.89. The molecule has 9 nitrogen and oxygen atoms in total. The molecule has 0 unspecified atom stereocenters. The normalized spacial score (nSPS) is 14.8. The van der Waals surface area contributed by atoms with Gasteiger partial charge in [-0.05, 0) is 68.1 Å². The van der Waals surface area contributed by atoms with Crippen molar-refractivity contribution >= 4 is 28.9 Å². The molecule has 284 valence electrons. The van der Waals surface area contributed by atoms with Crippen LogP contribution >= 0.6 is 0 Å². The average Bonchev–Trinajstić information content (AvgIpc) is 3.83. The summed E-state index contributed by atoms with van der Waals surface area (Å²) in [5.41, 5.74) is 6.11. The predicted octanol–water partition coefficient (Wildman–Crippen LogP) is 8.51. The molecule has 0 amide bonds. The zero-order chi connectivity index (χ0) is 38.3. The van der Waals surface area contributed by atoms with Crippen LogP contribution in [0.15, 0.2) is 125 Å². The van der Waals surface area contributed by atoms with Gasteiger partial charge < -0.3 is 14.9 Å². The first-order chi connectivity index (χ1) is 25.7. The standard InChI is InChI=1S/C20H21N3O2S.C16H24N2.C6H13BO2/c1-2-3-4-6-10-18-16-23(22-20(18)17-11-9-14-21-15-17)26(24,25)19-12-7-5-8-13-19;1-3-4-5-6-8-14-10-11-17-16(14)15-9-7-12-18(2)13-15;1-2-3-4-5-6-7(8)9/h5-16H,2-4H2,1H3;6,8-10H,3-5,7,11-13H2,1-2H3;5-6,8-9H,2-4H2,1H3/b10-6+;8-6+;6-5+. The summed E-state index contributed by atoms with van der Waals surface area (Å²) in [6.45, 7) is 9.53. The van der Waals surface area contributed by atoms with E-state index in [-0.39, 0.29) is 4.90 Å². The number of allylic oxidation sites excluding steroid dienone is 5. The molecule has 0 saturated heterocycles. The van der Waals surface area contributed by atoms with Crippen molar-refractivity contribution in [1.29, 1.82) is 0 Å². The minimum Gasteiger partial charge on any atom is -0.424 e. The van der Waals surface area contributed by atoms with Gasteiger partial charge in [-0.25, -0.2) is 0 Å². The lowest BCUT2D eigenvalue weighted by Gasteiger charge is -2.23. The number of rotatable bonds is 16. The Kier molecular flexibility index (Phi) is 19.8. The number of pyridine rings is 1. The smallest absolute Gasteiger partial charge is 0.424 e. The molecule has 5 rings (SSSR count). The maximum Gasteiger partial charge on any atom is 0.480 e. The van der Waals surface area contributed by atoms with Crippen LogP contribution in [0.4, 0.5) is 0 Å². The fourth-order valence-electron chi connectivity index (χ4n) is 5.56. The molecule has 0 aliphatic carbocycles. The minimum absolute atomic E-state index is 0.210. The molecule has 0 atom stereocenters. The van der Waals surface area contributed by atoms with E-state index in [4.69, 9.17) is 10.0 Å². The second kappa shape index (κ2) is 24.2. The number of hydrogen-bond acceptors (Lipinski definition) is 8. The fourth-order valence-corrected chi connectivity index (χ4v) is 6.72. The number of aromatic nitrogens is 3. The summed E-state index contributed by atoms with van der Waals surface area (Å²) >= 11 is 0. The number of unbranched alkanes of at least 4 members (excludes halogenated alkanes) is 6. The van der Waals surface area contributed by atoms with Gasteiger partial charge in [0.05, 0.1) is 23.3 Å². The van der Waals surface area contributed by atoms with Gasteiger partial charge in [-0.1, -0.05) is 126 Å². The third-order valence-electron chi connectivity index (χ3n) is 8.50. The van der Waals surface area contributed by atoms with Gasteiger partial charge in [-0.15, -0.1) is 0 Å². The van der Waals surface area contributed by atoms with Gasteiger partial charge in [0.1, 0.15) is 5.69 Å². The van der Waals surface area contributed by atoms with Crippen molar-refractivity contribution in [2.45, 2.75) is 89.9 Å². The zero-order valence-corrected chi connectivity index (χ0v) is 32.8. The summed E-state index contributed by atoms with van der Waals surface area (Å²) in [4.78, 5) is 11.4. The van der Waals surface area contributed by atoms with Gasteiger partial charge >= 0.3 is 7.12 Å². The van der Waals surface area contributed by atoms with Crippen LogP contribution in [0.3, 0.4) is 0 Å². The number of aliphatic imine (C=N–C) groups is 1. The molecule has 0 fully saturated rings. The van der Waals surface area contributed by atoms with E-state index in [1.54, 1.807) is 55.0 Å². The van der Waals surface area contributed by atoms with Crippen LogP contribution in [0.2, 0.25) is 0 Å². The van der Waals surface area contributed by atoms with E-state index in [1.807, 2.05) is 18.2 Å². The Morgan fingerprint density at radius 3 is 2.17 bits per heavy atom. The lowest BCUT2D eigenvalue weighted by Crippen LogP contribution is -2.28. The first kappa shape index (κ1) is 43.3. The molecule has 4 heterocycles. The van der Waals surface area contributed by atoms with Gasteiger partial charge in [0.2, 0.25) is 0 Å². The van der Waals surface area contributed by atoms with Gasteiger partial charge in [-0.3, -0.25) is 9.98 Å². The molecular formula is C42H58BN5O4S. The summed E-state index contributed by atoms with van der Waals surface area (Å²) in [5.74, 6) is 1.38. The van der Waals surface area contributed by atoms with Crippen LogP contribution in [0.1, 0.15) is 90.5 Å². The Morgan fingerprint density at radius 2 is 1.55 bits per heavy atom. The van der Waals surface area contributed by atoms with Crippen molar-refractivity contribution in [3.63, 3.8) is 0 Å². The Labute approximate surface area is 318 Å². The highest BCUT2D eigenvalue weighted by Gasteiger charge is 2.21. The molecule has 0 spiro atoms. The van der Waals surface area contributed by atoms with E-state index >= 15 is 0 Å². The van der Waals surface area contributed by atoms with Gasteiger partial charge in [0.25, 0.3) is 10.0 Å². The minimum atomic E-state index is -3.73. The number of benzene rings is 1. The monoisotopic (exact) mass is 739 g/mol. The third kappa shape index (κ3) is 15.0. The lowest BCUT2D eigenvalue weighted by atomic mass is 9.91. The SMILES string of the molecule is CCCC/C=C/B(O)O.CCCC/C=C/C1=CCN=C1C1=CCCN(C)C1.CCCC/C=C/c1cn(S(=O)(=O)c2ccccc2)nc1-c1cccnc1. The van der Waals surface area contributed by atoms with Crippen LogP contribution in [0, 0.1) is 0 Å². The maximum absolute atomic E-state index is 12.9. The highest BCUT2D eigenvalue weighted by Crippen LogP contribution is 2.25. The Bertz CT molecular complexity index is 1800. The lowest BCUT2D eigenvalue weighted by molar-refractivity contribution is 0.360. The quantitative estimate of drug-likeness (QED) is 0.112. The molecule has 0 bridgehead atoms. The largest absolute Gasteiger partial charge is 0.480 e. The summed E-state index contributed by atoms with van der Waals surface area (Å²) in [6.07, 6.45) is 31.1. The third-order valence-corrected chi connectivity index (χ3v) is 10.0. The molecule has 2 aromatic heterocycles. The molecule has 11 heteroatoms. The topological polar surface area (TPSA) is 121 Å². The molecule has 0 saturated carbocycles. The number of likely N-dealkylation sites (N-methyl/N-ethyl adjacent to an activating group) is 1. The van der Waals surface area contributed by atoms with Crippen molar-refractivity contribution in [2.24, 2.45) is 4.99 Å². The maximum atomic E-state index is 12.9. The Morgan fingerprint density at radius 1 is 0.868 bits per heavy atom. The van der Waals surface area contributed by atoms with Crippen LogP contribution in [0.25, 0.3) is 17.3 Å². The molecule has 2 aliphatic heterocycles. The molecule has 3 aromatic rings. The molecular weight excluding hydrogens is 681 g/mol. The predicted molar refractivity (Wildman–Crippen MR) is 221 cm³/mol. The van der Waals surface area contributed by atoms with Crippen molar-refractivity contribution in [2.75, 3.05) is 26.7 Å². The van der Waals surface area contributed by atoms with Gasteiger partial charge in [0, 0.05) is 36.6 Å². The van der Waals surface area contributed by atoms with Gasteiger partial charge in [0.15, 0.2) is 0 Å². The summed E-state index contributed by atoms with van der Waals surface area (Å²) in [5, 5.41) is 21.0. The molecule has 2 N–H and O–H groups in total. The van der Waals surface area contributed by atoms with Crippen molar-refractivity contribution in [3.05, 3.63) is 120 Å². The van der Waals surface area contributed by atoms with Crippen LogP contribution in [-0.4, -0.2) is 77.0 Å². The first-order valence-electron chi connectivity index (χ1n) is 19.0. The molecule has 53 heavy (non-hydrogen) atoms. The fraction of sp³-hybridized carbons (Fsp3) is 0.405. The molecule has 1 aromatic carbocycles. The summed E-state index contributed by atoms with van der Waals surface area (Å²) < 4.78 is 26.8. The van der Waals surface area contributed by atoms with E-state index in [0.717, 1.165) is 73.2 Å². The molecule has 2 aliphatic rings. The summed E-state index contributed by atoms with van der Waals surface area (Å²) in [6, 6.07) is 12.0. The van der Waals surface area contributed by atoms with Crippen LogP contribution in [0.5, 0.6) is 0 Å². The second-order valence-electron chi connectivity index (χ2n) is 13.0. The van der Waals surface area contributed by atoms with Crippen LogP contribution in [-0.2, 0) is 10.0 Å². The van der Waals surface area contributed by atoms with E-state index in [9.17, 15) is 8.42 Å². The van der Waals surface area contributed by atoms with E-state index in [2.05, 4.69) is 78.2 Å². The van der Waals surface area contributed by atoms with E-state index in [0.29, 0.717) is 5.69 Å². The van der Waals surface area contributed by atoms with Crippen LogP contribution < -0.4 is 0 Å². The number of hydrogen-bond donors (Lipinski definition) is 2. The highest BCUT2D eigenvalue weighted by atomic mass is 32.2.